The highest BCUT2D eigenvalue weighted by Crippen LogP contribution is 2.17. The molecule has 0 spiro atoms. The molecule has 4 nitrogen and oxygen atoms in total. The van der Waals surface area contributed by atoms with Crippen molar-refractivity contribution in [2.45, 2.75) is 0 Å². The van der Waals surface area contributed by atoms with Gasteiger partial charge in [0.15, 0.2) is 5.69 Å². The van der Waals surface area contributed by atoms with Crippen LogP contribution in [-0.2, 0) is 0 Å². The lowest BCUT2D eigenvalue weighted by Gasteiger charge is -1.96. The van der Waals surface area contributed by atoms with Crippen LogP contribution in [-0.4, -0.2) is 15.0 Å². The minimum absolute atomic E-state index is 0.349. The van der Waals surface area contributed by atoms with E-state index in [9.17, 15) is 0 Å². The number of aromatic amines is 1. The third-order valence-corrected chi connectivity index (χ3v) is 1.68. The van der Waals surface area contributed by atoms with Crippen LogP contribution in [0.4, 0.5) is 0 Å². The quantitative estimate of drug-likeness (QED) is 0.702. The number of H-pyrrole nitrogens is 1. The first-order valence-corrected chi connectivity index (χ1v) is 3.76. The van der Waals surface area contributed by atoms with Crippen molar-refractivity contribution in [1.82, 2.24) is 15.0 Å². The van der Waals surface area contributed by atoms with Crippen LogP contribution in [0, 0.1) is 11.3 Å². The number of nitrogens with one attached hydrogen (secondary N) is 1. The van der Waals surface area contributed by atoms with Crippen LogP contribution in [0.5, 0.6) is 0 Å². The van der Waals surface area contributed by atoms with Gasteiger partial charge in [-0.15, -0.1) is 0 Å². The molecule has 0 aliphatic heterocycles. The average Bonchev–Trinajstić information content (AvgIpc) is 2.70. The van der Waals surface area contributed by atoms with Gasteiger partial charge < -0.3 is 4.98 Å². The number of nitriles is 1. The summed E-state index contributed by atoms with van der Waals surface area (Å²) in [5, 5.41) is 8.75. The Kier molecular flexibility index (Phi) is 1.77. The third-order valence-electron chi connectivity index (χ3n) is 1.68. The Labute approximate surface area is 74.9 Å². The highest BCUT2D eigenvalue weighted by atomic mass is 14.8. The zero-order valence-electron chi connectivity index (χ0n) is 6.73. The molecule has 0 saturated heterocycles. The van der Waals surface area contributed by atoms with Gasteiger partial charge in [0.05, 0.1) is 0 Å². The predicted octanol–water partition coefficient (Wildman–Crippen LogP) is 1.34. The van der Waals surface area contributed by atoms with E-state index in [4.69, 9.17) is 5.26 Å². The Bertz CT molecular complexity index is 439. The zero-order chi connectivity index (χ0) is 9.10. The van der Waals surface area contributed by atoms with Gasteiger partial charge in [-0.3, -0.25) is 4.98 Å². The molecule has 0 bridgehead atoms. The first-order valence-electron chi connectivity index (χ1n) is 3.76. The van der Waals surface area contributed by atoms with Crippen molar-refractivity contribution < 1.29 is 0 Å². The molecule has 0 saturated carbocycles. The zero-order valence-corrected chi connectivity index (χ0v) is 6.73. The molecule has 0 amide bonds. The summed E-state index contributed by atoms with van der Waals surface area (Å²) in [5.74, 6) is 0. The molecule has 2 heterocycles. The second-order valence-electron chi connectivity index (χ2n) is 2.47. The maximum Gasteiger partial charge on any atom is 0.166 e. The molecule has 62 valence electrons. The summed E-state index contributed by atoms with van der Waals surface area (Å²) < 4.78 is 0. The summed E-state index contributed by atoms with van der Waals surface area (Å²) in [6.07, 6.45) is 6.65. The van der Waals surface area contributed by atoms with Crippen LogP contribution >= 0.6 is 0 Å². The summed E-state index contributed by atoms with van der Waals surface area (Å²) in [5.41, 5.74) is 1.85. The van der Waals surface area contributed by atoms with Crippen molar-refractivity contribution >= 4 is 0 Å². The Morgan fingerprint density at radius 1 is 1.31 bits per heavy atom. The first kappa shape index (κ1) is 7.50. The lowest BCUT2D eigenvalue weighted by molar-refractivity contribution is 1.17. The van der Waals surface area contributed by atoms with Crippen molar-refractivity contribution in [2.24, 2.45) is 0 Å². The molecular formula is C9H6N4. The van der Waals surface area contributed by atoms with Crippen LogP contribution in [0.1, 0.15) is 5.69 Å². The van der Waals surface area contributed by atoms with E-state index in [2.05, 4.69) is 15.0 Å². The minimum atomic E-state index is 0.349. The van der Waals surface area contributed by atoms with E-state index >= 15 is 0 Å². The molecule has 0 radical (unpaired) electrons. The second-order valence-corrected chi connectivity index (χ2v) is 2.47. The van der Waals surface area contributed by atoms with E-state index in [-0.39, 0.29) is 0 Å². The number of nitrogens with zero attached hydrogens (tertiary/aromatic N) is 3. The molecule has 0 aromatic carbocycles. The fourth-order valence-corrected chi connectivity index (χ4v) is 1.10. The molecule has 2 aromatic rings. The van der Waals surface area contributed by atoms with Gasteiger partial charge >= 0.3 is 0 Å². The van der Waals surface area contributed by atoms with Crippen molar-refractivity contribution in [1.29, 1.82) is 5.26 Å². The Morgan fingerprint density at radius 3 is 2.85 bits per heavy atom. The van der Waals surface area contributed by atoms with Crippen LogP contribution in [0.3, 0.4) is 0 Å². The fraction of sp³-hybridized carbons (Fsp3) is 0. The molecular weight excluding hydrogens is 164 g/mol. The molecule has 1 N–H and O–H groups in total. The average molecular weight is 170 g/mol. The first-order chi connectivity index (χ1) is 6.42. The van der Waals surface area contributed by atoms with Crippen LogP contribution in [0.15, 0.2) is 30.9 Å². The normalized spacial score (nSPS) is 9.46. The van der Waals surface area contributed by atoms with Gasteiger partial charge in [-0.2, -0.15) is 5.26 Å². The highest BCUT2D eigenvalue weighted by molar-refractivity contribution is 5.63. The van der Waals surface area contributed by atoms with Gasteiger partial charge in [0.1, 0.15) is 11.8 Å². The summed E-state index contributed by atoms with van der Waals surface area (Å²) in [6, 6.07) is 3.85. The topological polar surface area (TPSA) is 65.4 Å². The lowest BCUT2D eigenvalue weighted by atomic mass is 10.2. The molecule has 0 aliphatic carbocycles. The summed E-state index contributed by atoms with van der Waals surface area (Å²) in [7, 11) is 0. The molecule has 2 aromatic heterocycles. The minimum Gasteiger partial charge on any atom is -0.367 e. The third kappa shape index (κ3) is 1.27. The van der Waals surface area contributed by atoms with E-state index < -0.39 is 0 Å². The Hall–Kier alpha value is -2.15. The SMILES string of the molecule is N#Cc1nccnc1-c1cc[nH]c1. The molecule has 0 atom stereocenters. The van der Waals surface area contributed by atoms with Crippen LogP contribution < -0.4 is 0 Å². The van der Waals surface area contributed by atoms with Crippen LogP contribution in [0.25, 0.3) is 11.3 Å². The Morgan fingerprint density at radius 2 is 2.15 bits per heavy atom. The van der Waals surface area contributed by atoms with Gasteiger partial charge in [0, 0.05) is 30.4 Å². The molecule has 13 heavy (non-hydrogen) atoms. The van der Waals surface area contributed by atoms with Crippen molar-refractivity contribution in [3.8, 4) is 17.3 Å². The molecule has 0 fully saturated rings. The van der Waals surface area contributed by atoms with E-state index in [0.717, 1.165) is 5.56 Å². The lowest BCUT2D eigenvalue weighted by Crippen LogP contribution is -1.90. The largest absolute Gasteiger partial charge is 0.367 e. The van der Waals surface area contributed by atoms with Crippen molar-refractivity contribution in [3.63, 3.8) is 0 Å². The van der Waals surface area contributed by atoms with Gasteiger partial charge in [0.2, 0.25) is 0 Å². The van der Waals surface area contributed by atoms with Gasteiger partial charge in [-0.1, -0.05) is 0 Å². The van der Waals surface area contributed by atoms with Crippen molar-refractivity contribution in [2.75, 3.05) is 0 Å². The molecule has 0 aliphatic rings. The second kappa shape index (κ2) is 3.07. The predicted molar refractivity (Wildman–Crippen MR) is 46.5 cm³/mol. The van der Waals surface area contributed by atoms with Crippen LogP contribution in [0.2, 0.25) is 0 Å². The van der Waals surface area contributed by atoms with E-state index in [1.165, 1.54) is 6.20 Å². The number of hydrogen-bond donors (Lipinski definition) is 1. The summed E-state index contributed by atoms with van der Waals surface area (Å²) in [4.78, 5) is 10.9. The van der Waals surface area contributed by atoms with Crippen molar-refractivity contribution in [3.05, 3.63) is 36.5 Å². The fourth-order valence-electron chi connectivity index (χ4n) is 1.10. The standard InChI is InChI=1S/C9H6N4/c10-5-8-9(13-4-3-12-8)7-1-2-11-6-7/h1-4,6,11H. The Balaban J connectivity index is 2.59. The van der Waals surface area contributed by atoms with Gasteiger partial charge in [-0.05, 0) is 6.07 Å². The maximum absolute atomic E-state index is 8.75. The monoisotopic (exact) mass is 170 g/mol. The van der Waals surface area contributed by atoms with Gasteiger partial charge in [0.25, 0.3) is 0 Å². The molecule has 0 unspecified atom stereocenters. The maximum atomic E-state index is 8.75. The van der Waals surface area contributed by atoms with E-state index in [1.54, 1.807) is 18.6 Å². The summed E-state index contributed by atoms with van der Waals surface area (Å²) >= 11 is 0. The smallest absolute Gasteiger partial charge is 0.166 e. The molecule has 2 rings (SSSR count). The number of rotatable bonds is 1. The van der Waals surface area contributed by atoms with Gasteiger partial charge in [-0.25, -0.2) is 4.98 Å². The number of hydrogen-bond acceptors (Lipinski definition) is 3. The number of aromatic nitrogens is 3. The highest BCUT2D eigenvalue weighted by Gasteiger charge is 2.06. The summed E-state index contributed by atoms with van der Waals surface area (Å²) in [6.45, 7) is 0. The van der Waals surface area contributed by atoms with E-state index in [1.807, 2.05) is 12.1 Å². The van der Waals surface area contributed by atoms with E-state index in [0.29, 0.717) is 11.4 Å². The molecule has 4 heteroatoms.